The number of ether oxygens (including phenoxy) is 1. The number of benzene rings is 1. The zero-order valence-corrected chi connectivity index (χ0v) is 13.8. The Hall–Kier alpha value is -0.780. The molecule has 0 spiro atoms. The number of anilines is 1. The Morgan fingerprint density at radius 1 is 1.50 bits per heavy atom. The average molecular weight is 364 g/mol. The molecule has 3 N–H and O–H groups in total. The van der Waals surface area contributed by atoms with Gasteiger partial charge >= 0.3 is 0 Å². The molecule has 1 aromatic carbocycles. The lowest BCUT2D eigenvalue weighted by Crippen LogP contribution is -2.28. The third kappa shape index (κ3) is 4.36. The van der Waals surface area contributed by atoms with Gasteiger partial charge in [0, 0.05) is 16.9 Å². The first-order valence-corrected chi connectivity index (χ1v) is 7.28. The predicted molar refractivity (Wildman–Crippen MR) is 86.5 cm³/mol. The van der Waals surface area contributed by atoms with E-state index in [2.05, 4.69) is 21.2 Å². The molecule has 20 heavy (non-hydrogen) atoms. The van der Waals surface area contributed by atoms with Gasteiger partial charge in [-0.25, -0.2) is 0 Å². The van der Waals surface area contributed by atoms with Crippen LogP contribution in [0.15, 0.2) is 22.7 Å². The summed E-state index contributed by atoms with van der Waals surface area (Å²) in [4.78, 5) is 12.1. The third-order valence-corrected chi connectivity index (χ3v) is 4.09. The number of methoxy groups -OCH3 is 1. The minimum atomic E-state index is -0.00116. The van der Waals surface area contributed by atoms with Crippen molar-refractivity contribution in [3.8, 4) is 5.75 Å². The highest BCUT2D eigenvalue weighted by molar-refractivity contribution is 9.10. The molecular weight excluding hydrogens is 344 g/mol. The summed E-state index contributed by atoms with van der Waals surface area (Å²) in [6.07, 6.45) is 3.68. The van der Waals surface area contributed by atoms with Crippen LogP contribution < -0.4 is 15.8 Å². The molecule has 0 radical (unpaired) electrons. The van der Waals surface area contributed by atoms with Crippen molar-refractivity contribution >= 4 is 39.9 Å². The highest BCUT2D eigenvalue weighted by atomic mass is 79.9. The highest BCUT2D eigenvalue weighted by Gasteiger charge is 2.26. The van der Waals surface area contributed by atoms with Crippen LogP contribution in [0.5, 0.6) is 5.75 Å². The number of carbonyl (C=O) groups is 1. The Kier molecular flexibility index (Phi) is 6.79. The van der Waals surface area contributed by atoms with Gasteiger partial charge < -0.3 is 15.8 Å². The van der Waals surface area contributed by atoms with Gasteiger partial charge in [0.15, 0.2) is 0 Å². The number of hydrogen-bond donors (Lipinski definition) is 2. The maximum Gasteiger partial charge on any atom is 0.224 e. The normalized spacial score (nSPS) is 21.1. The molecule has 6 heteroatoms. The van der Waals surface area contributed by atoms with Crippen molar-refractivity contribution in [1.29, 1.82) is 0 Å². The van der Waals surface area contributed by atoms with Crippen molar-refractivity contribution in [3.63, 3.8) is 0 Å². The molecule has 0 saturated heterocycles. The van der Waals surface area contributed by atoms with Crippen molar-refractivity contribution in [1.82, 2.24) is 0 Å². The van der Waals surface area contributed by atoms with Gasteiger partial charge in [-0.15, -0.1) is 12.4 Å². The molecule has 1 amide bonds. The third-order valence-electron chi connectivity index (χ3n) is 3.60. The number of halogens is 2. The van der Waals surface area contributed by atoms with Gasteiger partial charge in [0.05, 0.1) is 12.8 Å². The van der Waals surface area contributed by atoms with Crippen LogP contribution in [0.3, 0.4) is 0 Å². The molecule has 1 saturated carbocycles. The summed E-state index contributed by atoms with van der Waals surface area (Å²) in [6, 6.07) is 5.70. The summed E-state index contributed by atoms with van der Waals surface area (Å²) in [6.45, 7) is 0. The van der Waals surface area contributed by atoms with E-state index in [9.17, 15) is 4.79 Å². The maximum absolute atomic E-state index is 12.1. The summed E-state index contributed by atoms with van der Waals surface area (Å²) in [5.74, 6) is 0.962. The SMILES string of the molecule is COc1ccc(Br)cc1NC(=O)C[C@@H]1CCC[C@H]1N.Cl. The number of hydrogen-bond acceptors (Lipinski definition) is 3. The fraction of sp³-hybridized carbons (Fsp3) is 0.500. The lowest BCUT2D eigenvalue weighted by Gasteiger charge is -2.16. The van der Waals surface area contributed by atoms with Gasteiger partial charge in [-0.2, -0.15) is 0 Å². The fourth-order valence-electron chi connectivity index (χ4n) is 2.54. The lowest BCUT2D eigenvalue weighted by atomic mass is 10.00. The van der Waals surface area contributed by atoms with Crippen LogP contribution in [-0.2, 0) is 4.79 Å². The Bertz CT molecular complexity index is 470. The van der Waals surface area contributed by atoms with Crippen molar-refractivity contribution in [2.75, 3.05) is 12.4 Å². The van der Waals surface area contributed by atoms with Crippen molar-refractivity contribution in [2.45, 2.75) is 31.7 Å². The largest absolute Gasteiger partial charge is 0.495 e. The molecule has 1 aliphatic carbocycles. The van der Waals surface area contributed by atoms with Crippen LogP contribution >= 0.6 is 28.3 Å². The van der Waals surface area contributed by atoms with Crippen LogP contribution in [0.25, 0.3) is 0 Å². The van der Waals surface area contributed by atoms with Crippen LogP contribution in [0, 0.1) is 5.92 Å². The van der Waals surface area contributed by atoms with E-state index in [1.54, 1.807) is 7.11 Å². The van der Waals surface area contributed by atoms with E-state index in [1.165, 1.54) is 0 Å². The number of nitrogens with one attached hydrogen (secondary N) is 1. The molecule has 2 atom stereocenters. The van der Waals surface area contributed by atoms with E-state index in [0.717, 1.165) is 23.7 Å². The second kappa shape index (κ2) is 7.86. The Labute approximate surface area is 134 Å². The molecule has 1 fully saturated rings. The highest BCUT2D eigenvalue weighted by Crippen LogP contribution is 2.30. The topological polar surface area (TPSA) is 64.3 Å². The number of rotatable bonds is 4. The van der Waals surface area contributed by atoms with Gasteiger partial charge in [-0.3, -0.25) is 4.79 Å². The minimum absolute atomic E-state index is 0. The summed E-state index contributed by atoms with van der Waals surface area (Å²) >= 11 is 3.39. The molecule has 4 nitrogen and oxygen atoms in total. The molecule has 0 aromatic heterocycles. The van der Waals surface area contributed by atoms with Gasteiger partial charge in [-0.05, 0) is 37.0 Å². The molecule has 0 unspecified atom stereocenters. The predicted octanol–water partition coefficient (Wildman–Crippen LogP) is 3.34. The fourth-order valence-corrected chi connectivity index (χ4v) is 2.90. The second-order valence-corrected chi connectivity index (χ2v) is 5.87. The van der Waals surface area contributed by atoms with Crippen LogP contribution in [0.1, 0.15) is 25.7 Å². The van der Waals surface area contributed by atoms with E-state index in [1.807, 2.05) is 18.2 Å². The summed E-state index contributed by atoms with van der Waals surface area (Å²) in [5, 5.41) is 2.90. The van der Waals surface area contributed by atoms with Gasteiger partial charge in [0.25, 0.3) is 0 Å². The van der Waals surface area contributed by atoms with Gasteiger partial charge in [0.1, 0.15) is 5.75 Å². The zero-order valence-electron chi connectivity index (χ0n) is 11.4. The standard InChI is InChI=1S/C14H19BrN2O2.ClH/c1-19-13-6-5-10(15)8-12(13)17-14(18)7-9-3-2-4-11(9)16;/h5-6,8-9,11H,2-4,7,16H2,1H3,(H,17,18);1H/t9-,11+;/m0./s1. The molecule has 0 heterocycles. The van der Waals surface area contributed by atoms with Gasteiger partial charge in [0.2, 0.25) is 5.91 Å². The molecule has 1 aromatic rings. The second-order valence-electron chi connectivity index (χ2n) is 4.95. The first-order chi connectivity index (χ1) is 9.10. The quantitative estimate of drug-likeness (QED) is 0.862. The van der Waals surface area contributed by atoms with Crippen LogP contribution in [0.4, 0.5) is 5.69 Å². The number of carbonyl (C=O) groups excluding carboxylic acids is 1. The van der Waals surface area contributed by atoms with Crippen molar-refractivity contribution in [2.24, 2.45) is 11.7 Å². The summed E-state index contributed by atoms with van der Waals surface area (Å²) in [7, 11) is 1.59. The minimum Gasteiger partial charge on any atom is -0.495 e. The molecule has 0 bridgehead atoms. The molecule has 0 aliphatic heterocycles. The van der Waals surface area contributed by atoms with E-state index in [4.69, 9.17) is 10.5 Å². The average Bonchev–Trinajstić information content (AvgIpc) is 2.75. The Morgan fingerprint density at radius 2 is 2.25 bits per heavy atom. The molecular formula is C14H20BrClN2O2. The first kappa shape index (κ1) is 17.3. The van der Waals surface area contributed by atoms with E-state index in [-0.39, 0.29) is 24.4 Å². The van der Waals surface area contributed by atoms with E-state index in [0.29, 0.717) is 23.8 Å². The number of nitrogens with two attached hydrogens (primary N) is 1. The van der Waals surface area contributed by atoms with E-state index < -0.39 is 0 Å². The van der Waals surface area contributed by atoms with E-state index >= 15 is 0 Å². The monoisotopic (exact) mass is 362 g/mol. The lowest BCUT2D eigenvalue weighted by molar-refractivity contribution is -0.117. The van der Waals surface area contributed by atoms with Crippen molar-refractivity contribution < 1.29 is 9.53 Å². The van der Waals surface area contributed by atoms with Crippen LogP contribution in [-0.4, -0.2) is 19.1 Å². The zero-order chi connectivity index (χ0) is 13.8. The van der Waals surface area contributed by atoms with Crippen LogP contribution in [0.2, 0.25) is 0 Å². The first-order valence-electron chi connectivity index (χ1n) is 6.49. The molecule has 2 rings (SSSR count). The smallest absolute Gasteiger partial charge is 0.224 e. The summed E-state index contributed by atoms with van der Waals surface area (Å²) < 4.78 is 6.14. The molecule has 112 valence electrons. The Balaban J connectivity index is 0.00000200. The van der Waals surface area contributed by atoms with Gasteiger partial charge in [-0.1, -0.05) is 22.4 Å². The Morgan fingerprint density at radius 3 is 2.85 bits per heavy atom. The van der Waals surface area contributed by atoms with Crippen molar-refractivity contribution in [3.05, 3.63) is 22.7 Å². The number of amides is 1. The molecule has 1 aliphatic rings. The maximum atomic E-state index is 12.1. The summed E-state index contributed by atoms with van der Waals surface area (Å²) in [5.41, 5.74) is 6.68.